The predicted molar refractivity (Wildman–Crippen MR) is 111 cm³/mol. The summed E-state index contributed by atoms with van der Waals surface area (Å²) in [4.78, 5) is 30.1. The summed E-state index contributed by atoms with van der Waals surface area (Å²) in [5.41, 5.74) is 2.06. The minimum Gasteiger partial charge on any atom is -0.340 e. The Bertz CT molecular complexity index is 684. The molecule has 0 bridgehead atoms. The number of piperazine rings is 1. The summed E-state index contributed by atoms with van der Waals surface area (Å²) in [5.74, 6) is 1.16. The second kappa shape index (κ2) is 8.64. The maximum atomic E-state index is 13.2. The third-order valence-corrected chi connectivity index (χ3v) is 6.91. The molecule has 3 fully saturated rings. The maximum Gasteiger partial charge on any atom is 0.242 e. The van der Waals surface area contributed by atoms with Crippen LogP contribution in [0.1, 0.15) is 50.5 Å². The fraction of sp³-hybridized carbons (Fsp3) is 0.652. The van der Waals surface area contributed by atoms with Gasteiger partial charge in [0.2, 0.25) is 11.8 Å². The molecule has 2 saturated carbocycles. The zero-order valence-electron chi connectivity index (χ0n) is 17.0. The van der Waals surface area contributed by atoms with Gasteiger partial charge in [0.1, 0.15) is 0 Å². The van der Waals surface area contributed by atoms with Gasteiger partial charge < -0.3 is 10.2 Å². The molecule has 3 aliphatic rings. The first-order valence-corrected chi connectivity index (χ1v) is 11.0. The summed E-state index contributed by atoms with van der Waals surface area (Å²) in [6, 6.07) is 7.95. The molecule has 2 amide bonds. The summed E-state index contributed by atoms with van der Waals surface area (Å²) in [6.07, 6.45) is 8.02. The second-order valence-electron chi connectivity index (χ2n) is 8.83. The van der Waals surface area contributed by atoms with Gasteiger partial charge in [-0.05, 0) is 50.7 Å². The van der Waals surface area contributed by atoms with E-state index in [0.29, 0.717) is 11.8 Å². The van der Waals surface area contributed by atoms with Crippen LogP contribution in [0.25, 0.3) is 0 Å². The number of amides is 2. The molecular weight excluding hydrogens is 350 g/mol. The first-order valence-electron chi connectivity index (χ1n) is 11.0. The standard InChI is InChI=1S/C23H33N3O2/c1-17-9-11-20(12-10-17)24-22(27)21(18-5-2-3-6-18)25-13-15-26(16-14-25)23(28)19-7-4-8-19/h9-12,18-19,21H,2-8,13-16H2,1H3,(H,24,27). The van der Waals surface area contributed by atoms with Crippen LogP contribution >= 0.6 is 0 Å². The number of aryl methyl sites for hydroxylation is 1. The number of nitrogens with zero attached hydrogens (tertiary/aromatic N) is 2. The lowest BCUT2D eigenvalue weighted by atomic mass is 9.84. The number of hydrogen-bond acceptors (Lipinski definition) is 3. The van der Waals surface area contributed by atoms with Gasteiger partial charge in [-0.15, -0.1) is 0 Å². The van der Waals surface area contributed by atoms with E-state index in [0.717, 1.165) is 57.5 Å². The summed E-state index contributed by atoms with van der Waals surface area (Å²) in [6.45, 7) is 5.19. The van der Waals surface area contributed by atoms with E-state index < -0.39 is 0 Å². The van der Waals surface area contributed by atoms with E-state index in [2.05, 4.69) is 17.1 Å². The van der Waals surface area contributed by atoms with E-state index in [-0.39, 0.29) is 17.9 Å². The minimum absolute atomic E-state index is 0.0789. The average Bonchev–Trinajstić information content (AvgIpc) is 3.17. The Morgan fingerprint density at radius 2 is 1.57 bits per heavy atom. The fourth-order valence-electron chi connectivity index (χ4n) is 4.94. The summed E-state index contributed by atoms with van der Waals surface area (Å²) >= 11 is 0. The molecule has 5 heteroatoms. The molecule has 1 aromatic carbocycles. The molecule has 5 nitrogen and oxygen atoms in total. The topological polar surface area (TPSA) is 52.7 Å². The Balaban J connectivity index is 1.40. The number of carbonyl (C=O) groups is 2. The molecule has 1 heterocycles. The predicted octanol–water partition coefficient (Wildman–Crippen LogP) is 3.44. The number of hydrogen-bond donors (Lipinski definition) is 1. The first kappa shape index (κ1) is 19.4. The smallest absolute Gasteiger partial charge is 0.242 e. The van der Waals surface area contributed by atoms with Gasteiger partial charge in [-0.1, -0.05) is 37.0 Å². The molecule has 1 atom stereocenters. The van der Waals surface area contributed by atoms with Gasteiger partial charge in [0.15, 0.2) is 0 Å². The fourth-order valence-corrected chi connectivity index (χ4v) is 4.94. The van der Waals surface area contributed by atoms with Crippen LogP contribution in [-0.4, -0.2) is 53.8 Å². The van der Waals surface area contributed by atoms with E-state index >= 15 is 0 Å². The van der Waals surface area contributed by atoms with Crippen molar-refractivity contribution in [2.75, 3.05) is 31.5 Å². The molecule has 0 radical (unpaired) electrons. The van der Waals surface area contributed by atoms with Crippen molar-refractivity contribution in [2.45, 2.75) is 57.9 Å². The van der Waals surface area contributed by atoms with Gasteiger partial charge in [0, 0.05) is 37.8 Å². The quantitative estimate of drug-likeness (QED) is 0.847. The monoisotopic (exact) mass is 383 g/mol. The molecule has 1 aliphatic heterocycles. The molecule has 152 valence electrons. The van der Waals surface area contributed by atoms with Crippen molar-refractivity contribution in [1.82, 2.24) is 9.80 Å². The summed E-state index contributed by atoms with van der Waals surface area (Å²) in [5, 5.41) is 3.15. The van der Waals surface area contributed by atoms with Crippen LogP contribution in [0.4, 0.5) is 5.69 Å². The maximum absolute atomic E-state index is 13.2. The van der Waals surface area contributed by atoms with Crippen LogP contribution in [0, 0.1) is 18.8 Å². The van der Waals surface area contributed by atoms with Crippen molar-refractivity contribution in [3.05, 3.63) is 29.8 Å². The Hall–Kier alpha value is -1.88. The van der Waals surface area contributed by atoms with Gasteiger partial charge in [0.25, 0.3) is 0 Å². The Morgan fingerprint density at radius 1 is 0.929 bits per heavy atom. The van der Waals surface area contributed by atoms with Crippen LogP contribution < -0.4 is 5.32 Å². The van der Waals surface area contributed by atoms with Crippen LogP contribution in [0.2, 0.25) is 0 Å². The lowest BCUT2D eigenvalue weighted by Gasteiger charge is -2.42. The molecule has 4 rings (SSSR count). The Kier molecular flexibility index (Phi) is 6.00. The average molecular weight is 384 g/mol. The number of nitrogens with one attached hydrogen (secondary N) is 1. The van der Waals surface area contributed by atoms with Crippen molar-refractivity contribution < 1.29 is 9.59 Å². The molecule has 1 unspecified atom stereocenters. The van der Waals surface area contributed by atoms with Crippen LogP contribution in [0.15, 0.2) is 24.3 Å². The molecule has 28 heavy (non-hydrogen) atoms. The zero-order chi connectivity index (χ0) is 19.5. The third kappa shape index (κ3) is 4.24. The highest BCUT2D eigenvalue weighted by atomic mass is 16.2. The summed E-state index contributed by atoms with van der Waals surface area (Å²) < 4.78 is 0. The van der Waals surface area contributed by atoms with Crippen LogP contribution in [0.5, 0.6) is 0 Å². The number of rotatable bonds is 5. The zero-order valence-corrected chi connectivity index (χ0v) is 17.0. The molecule has 2 aliphatic carbocycles. The van der Waals surface area contributed by atoms with E-state index in [1.165, 1.54) is 24.8 Å². The SMILES string of the molecule is Cc1ccc(NC(=O)C(C2CCCC2)N2CCN(C(=O)C3CCC3)CC2)cc1. The van der Waals surface area contributed by atoms with Crippen LogP contribution in [0.3, 0.4) is 0 Å². The van der Waals surface area contributed by atoms with E-state index in [1.54, 1.807) is 0 Å². The lowest BCUT2D eigenvalue weighted by Crippen LogP contribution is -2.57. The van der Waals surface area contributed by atoms with Crippen molar-refractivity contribution in [1.29, 1.82) is 0 Å². The number of anilines is 1. The third-order valence-electron chi connectivity index (χ3n) is 6.91. The van der Waals surface area contributed by atoms with Crippen LogP contribution in [-0.2, 0) is 9.59 Å². The first-order chi connectivity index (χ1) is 13.6. The Morgan fingerprint density at radius 3 is 2.14 bits per heavy atom. The van der Waals surface area contributed by atoms with Gasteiger partial charge >= 0.3 is 0 Å². The van der Waals surface area contributed by atoms with Gasteiger partial charge in [-0.3, -0.25) is 14.5 Å². The van der Waals surface area contributed by atoms with Crippen molar-refractivity contribution in [2.24, 2.45) is 11.8 Å². The molecule has 0 aromatic heterocycles. The lowest BCUT2D eigenvalue weighted by molar-refractivity contribution is -0.140. The molecule has 1 N–H and O–H groups in total. The van der Waals surface area contributed by atoms with Crippen molar-refractivity contribution in [3.8, 4) is 0 Å². The Labute approximate surface area is 168 Å². The van der Waals surface area contributed by atoms with E-state index in [9.17, 15) is 9.59 Å². The van der Waals surface area contributed by atoms with Crippen molar-refractivity contribution >= 4 is 17.5 Å². The highest BCUT2D eigenvalue weighted by Crippen LogP contribution is 2.32. The number of benzene rings is 1. The van der Waals surface area contributed by atoms with E-state index in [4.69, 9.17) is 0 Å². The van der Waals surface area contributed by atoms with Gasteiger partial charge in [-0.2, -0.15) is 0 Å². The molecule has 0 spiro atoms. The largest absolute Gasteiger partial charge is 0.340 e. The van der Waals surface area contributed by atoms with Crippen molar-refractivity contribution in [3.63, 3.8) is 0 Å². The molecular formula is C23H33N3O2. The normalized spacial score (nSPS) is 22.7. The van der Waals surface area contributed by atoms with Gasteiger partial charge in [-0.25, -0.2) is 0 Å². The van der Waals surface area contributed by atoms with Gasteiger partial charge in [0.05, 0.1) is 6.04 Å². The second-order valence-corrected chi connectivity index (χ2v) is 8.83. The highest BCUT2D eigenvalue weighted by molar-refractivity contribution is 5.95. The minimum atomic E-state index is -0.0789. The summed E-state index contributed by atoms with van der Waals surface area (Å²) in [7, 11) is 0. The molecule has 1 aromatic rings. The van der Waals surface area contributed by atoms with E-state index in [1.807, 2.05) is 29.2 Å². The number of carbonyl (C=O) groups excluding carboxylic acids is 2. The molecule has 1 saturated heterocycles. The highest BCUT2D eigenvalue weighted by Gasteiger charge is 2.38.